The van der Waals surface area contributed by atoms with Crippen LogP contribution < -0.4 is 0 Å². The summed E-state index contributed by atoms with van der Waals surface area (Å²) < 4.78 is 0. The van der Waals surface area contributed by atoms with E-state index in [1.165, 1.54) is 140 Å². The molecule has 0 atom stereocenters. The first-order valence-electron chi connectivity index (χ1n) is 23.6. The zero-order valence-electron chi connectivity index (χ0n) is 38.2. The molecule has 0 spiro atoms. The third-order valence-corrected chi connectivity index (χ3v) is 16.8. The third kappa shape index (κ3) is 29.3. The molecule has 0 aromatic heterocycles. The van der Waals surface area contributed by atoms with Crippen molar-refractivity contribution in [2.24, 2.45) is 23.7 Å². The number of carbonyl (C=O) groups excluding carboxylic acids is 2. The van der Waals surface area contributed by atoms with Gasteiger partial charge in [0.25, 0.3) is 0 Å². The number of carbonyl (C=O) groups is 2. The zero-order valence-corrected chi connectivity index (χ0v) is 39.2. The summed E-state index contributed by atoms with van der Waals surface area (Å²) in [6, 6.07) is 0. The van der Waals surface area contributed by atoms with Crippen LogP contribution in [0.2, 0.25) is 0 Å². The van der Waals surface area contributed by atoms with Gasteiger partial charge in [-0.05, 0) is 0 Å². The Bertz CT molecular complexity index is 762. The van der Waals surface area contributed by atoms with Gasteiger partial charge in [-0.1, -0.05) is 0 Å². The molecule has 0 radical (unpaired) electrons. The minimum atomic E-state index is -1.50. The molecule has 2 amide bonds. The number of unbranched alkanes of at least 4 members (excludes halogenated alkanes) is 15. The van der Waals surface area contributed by atoms with Crippen molar-refractivity contribution in [3.8, 4) is 0 Å². The quantitative estimate of drug-likeness (QED) is 0.0467. The Kier molecular flexibility index (Phi) is 33.0. The van der Waals surface area contributed by atoms with E-state index in [1.807, 2.05) is 0 Å². The predicted molar refractivity (Wildman–Crippen MR) is 241 cm³/mol. The topological polar surface area (TPSA) is 43.9 Å². The van der Waals surface area contributed by atoms with E-state index in [4.69, 9.17) is 0 Å². The minimum absolute atomic E-state index is 0.203. The van der Waals surface area contributed by atoms with Crippen LogP contribution in [0.15, 0.2) is 0 Å². The molecular weight excluding hydrogens is 670 g/mol. The molecule has 318 valence electrons. The van der Waals surface area contributed by atoms with Gasteiger partial charge >= 0.3 is 336 Å². The van der Waals surface area contributed by atoms with E-state index in [9.17, 15) is 9.59 Å². The van der Waals surface area contributed by atoms with Crippen molar-refractivity contribution in [1.82, 2.24) is 14.7 Å². The van der Waals surface area contributed by atoms with Crippen LogP contribution in [0.3, 0.4) is 0 Å². The molecule has 0 bridgehead atoms. The Morgan fingerprint density at radius 1 is 0.396 bits per heavy atom. The van der Waals surface area contributed by atoms with Crippen LogP contribution in [0.5, 0.6) is 0 Å². The molecular formula is C47H98N3O2P. The Morgan fingerprint density at radius 2 is 0.660 bits per heavy atom. The number of hydrogen-bond donors (Lipinski definition) is 0. The van der Waals surface area contributed by atoms with Crippen molar-refractivity contribution < 1.29 is 9.59 Å². The summed E-state index contributed by atoms with van der Waals surface area (Å²) >= 11 is 0. The number of hydrogen-bond acceptors (Lipinski definition) is 3. The zero-order chi connectivity index (χ0) is 39.9. The molecule has 0 N–H and O–H groups in total. The monoisotopic (exact) mass is 768 g/mol. The second kappa shape index (κ2) is 33.5. The summed E-state index contributed by atoms with van der Waals surface area (Å²) in [5.74, 6) is 2.12. The third-order valence-electron chi connectivity index (χ3n) is 11.1. The first-order chi connectivity index (χ1) is 25.3. The summed E-state index contributed by atoms with van der Waals surface area (Å²) in [5, 5.41) is 0. The molecule has 0 unspecified atom stereocenters. The summed E-state index contributed by atoms with van der Waals surface area (Å²) in [4.78, 5) is 34.5. The summed E-state index contributed by atoms with van der Waals surface area (Å²) in [6.07, 6.45) is 31.9. The van der Waals surface area contributed by atoms with Crippen molar-refractivity contribution in [2.45, 2.75) is 198 Å². The van der Waals surface area contributed by atoms with Gasteiger partial charge in [0, 0.05) is 0 Å². The SMILES string of the molecule is CCCCCCCC[PH](CCCCCCCC)(CCCCCCCC)CCCN(CC(=O)N(CC(C)C)CC(C)C)CC(=O)N(CC(C)C)CC(C)C. The maximum atomic E-state index is 14.0. The summed E-state index contributed by atoms with van der Waals surface area (Å²) in [7, 11) is -1.50. The van der Waals surface area contributed by atoms with Gasteiger partial charge in [0.05, 0.1) is 0 Å². The Labute approximate surface area is 334 Å². The van der Waals surface area contributed by atoms with Crippen LogP contribution in [-0.4, -0.2) is 97.0 Å². The van der Waals surface area contributed by atoms with Gasteiger partial charge in [0.1, 0.15) is 0 Å². The van der Waals surface area contributed by atoms with Crippen LogP contribution in [0.1, 0.15) is 198 Å². The fourth-order valence-electron chi connectivity index (χ4n) is 8.38. The molecule has 0 aliphatic rings. The maximum absolute atomic E-state index is 14.0. The van der Waals surface area contributed by atoms with E-state index >= 15 is 0 Å². The van der Waals surface area contributed by atoms with Gasteiger partial charge in [-0.25, -0.2) is 0 Å². The van der Waals surface area contributed by atoms with E-state index in [1.54, 1.807) is 0 Å². The average molecular weight is 768 g/mol. The van der Waals surface area contributed by atoms with E-state index in [0.29, 0.717) is 36.8 Å². The van der Waals surface area contributed by atoms with Gasteiger partial charge in [0.2, 0.25) is 0 Å². The molecule has 0 aliphatic heterocycles. The van der Waals surface area contributed by atoms with Crippen LogP contribution in [0.25, 0.3) is 0 Å². The van der Waals surface area contributed by atoms with Crippen LogP contribution in [-0.2, 0) is 9.59 Å². The number of nitrogens with zero attached hydrogens (tertiary/aromatic N) is 3. The molecule has 6 heteroatoms. The molecule has 0 fully saturated rings. The molecule has 5 nitrogen and oxygen atoms in total. The fraction of sp³-hybridized carbons (Fsp3) is 0.957. The average Bonchev–Trinajstić information content (AvgIpc) is 3.07. The molecule has 0 saturated carbocycles. The van der Waals surface area contributed by atoms with E-state index in [0.717, 1.165) is 39.1 Å². The van der Waals surface area contributed by atoms with E-state index in [-0.39, 0.29) is 11.8 Å². The number of amides is 2. The van der Waals surface area contributed by atoms with Crippen molar-refractivity contribution in [3.63, 3.8) is 0 Å². The van der Waals surface area contributed by atoms with Crippen molar-refractivity contribution in [1.29, 1.82) is 0 Å². The van der Waals surface area contributed by atoms with Crippen LogP contribution in [0, 0.1) is 23.7 Å². The normalized spacial score (nSPS) is 12.6. The molecule has 53 heavy (non-hydrogen) atoms. The Hall–Kier alpha value is -0.670. The molecule has 0 aromatic carbocycles. The molecule has 0 saturated heterocycles. The molecule has 0 aliphatic carbocycles. The Morgan fingerprint density at radius 3 is 0.943 bits per heavy atom. The van der Waals surface area contributed by atoms with Gasteiger partial charge in [-0.15, -0.1) is 0 Å². The first kappa shape index (κ1) is 52.3. The van der Waals surface area contributed by atoms with Gasteiger partial charge < -0.3 is 0 Å². The summed E-state index contributed by atoms with van der Waals surface area (Å²) in [6.45, 7) is 29.4. The van der Waals surface area contributed by atoms with Crippen molar-refractivity contribution >= 4 is 19.1 Å². The molecule has 0 rings (SSSR count). The van der Waals surface area contributed by atoms with E-state index in [2.05, 4.69) is 90.9 Å². The number of rotatable bonds is 37. The predicted octanol–water partition coefficient (Wildman–Crippen LogP) is 12.8. The fourth-order valence-corrected chi connectivity index (χ4v) is 13.8. The second-order valence-corrected chi connectivity index (χ2v) is 24.0. The standard InChI is InChI=1S/C47H98N3O2P/c1-12-15-18-21-24-27-32-53(33-28-25-22-19-16-13-2,34-29-26-23-20-17-14-3)35-30-31-48(40-46(51)49(36-42(4)5)37-43(6)7)41-47(52)50(38-44(8)9)39-45(10)11/h42-45,53H,12-41H2,1-11H3. The second-order valence-electron chi connectivity index (χ2n) is 19.0. The van der Waals surface area contributed by atoms with E-state index < -0.39 is 7.26 Å². The molecule has 0 aromatic rings. The molecule has 0 heterocycles. The van der Waals surface area contributed by atoms with Crippen molar-refractivity contribution in [3.05, 3.63) is 0 Å². The first-order valence-corrected chi connectivity index (χ1v) is 26.4. The van der Waals surface area contributed by atoms with Crippen LogP contribution in [0.4, 0.5) is 0 Å². The van der Waals surface area contributed by atoms with Gasteiger partial charge in [-0.2, -0.15) is 0 Å². The van der Waals surface area contributed by atoms with Crippen LogP contribution >= 0.6 is 7.26 Å². The van der Waals surface area contributed by atoms with Crippen molar-refractivity contribution in [2.75, 3.05) is 70.5 Å². The Balaban J connectivity index is 6.23. The summed E-state index contributed by atoms with van der Waals surface area (Å²) in [5.41, 5.74) is 0. The van der Waals surface area contributed by atoms with Gasteiger partial charge in [0.15, 0.2) is 0 Å². The van der Waals surface area contributed by atoms with Gasteiger partial charge in [-0.3, -0.25) is 0 Å².